The molecule has 5 rings (SSSR count). The second kappa shape index (κ2) is 5.95. The molecule has 0 bridgehead atoms. The van der Waals surface area contributed by atoms with E-state index in [1.54, 1.807) is 17.2 Å². The van der Waals surface area contributed by atoms with Crippen LogP contribution < -0.4 is 0 Å². The lowest BCUT2D eigenvalue weighted by molar-refractivity contribution is -0.929. The van der Waals surface area contributed by atoms with Crippen LogP contribution in [-0.2, 0) is 6.42 Å². The van der Waals surface area contributed by atoms with Gasteiger partial charge in [0, 0.05) is 12.0 Å². The zero-order valence-corrected chi connectivity index (χ0v) is 18.3. The van der Waals surface area contributed by atoms with E-state index in [-0.39, 0.29) is 0 Å². The van der Waals surface area contributed by atoms with Crippen molar-refractivity contribution in [1.82, 2.24) is 0 Å². The summed E-state index contributed by atoms with van der Waals surface area (Å²) in [7, 11) is 4.83. The van der Waals surface area contributed by atoms with Gasteiger partial charge in [-0.15, -0.1) is 0 Å². The normalized spacial score (nSPS) is 26.8. The van der Waals surface area contributed by atoms with Gasteiger partial charge in [-0.25, -0.2) is 4.79 Å². The molecule has 1 heterocycles. The molecule has 1 saturated carbocycles. The van der Waals surface area contributed by atoms with E-state index < -0.39 is 5.97 Å². The van der Waals surface area contributed by atoms with Gasteiger partial charge in [-0.2, -0.15) is 0 Å². The van der Waals surface area contributed by atoms with E-state index in [0.717, 1.165) is 33.7 Å². The average molecular weight is 391 g/mol. The lowest BCUT2D eigenvalue weighted by Gasteiger charge is -2.44. The molecule has 2 unspecified atom stereocenters. The van der Waals surface area contributed by atoms with Crippen molar-refractivity contribution in [2.75, 3.05) is 14.1 Å². The number of benzene rings is 2. The Morgan fingerprint density at radius 1 is 1.10 bits per heavy atom. The fourth-order valence-electron chi connectivity index (χ4n) is 6.61. The fraction of sp³-hybridized carbons (Fsp3) is 0.500. The first-order valence-electron chi connectivity index (χ1n) is 10.9. The molecular weight excluding hydrogens is 358 g/mol. The summed E-state index contributed by atoms with van der Waals surface area (Å²) in [5.41, 5.74) is 8.20. The van der Waals surface area contributed by atoms with Crippen molar-refractivity contribution < 1.29 is 14.4 Å². The number of fused-ring (bicyclic) bond motifs is 5. The van der Waals surface area contributed by atoms with Crippen molar-refractivity contribution >= 4 is 16.7 Å². The van der Waals surface area contributed by atoms with Crippen molar-refractivity contribution in [1.29, 1.82) is 0 Å². The van der Waals surface area contributed by atoms with Crippen LogP contribution in [0.15, 0.2) is 35.4 Å². The van der Waals surface area contributed by atoms with Crippen LogP contribution in [0.3, 0.4) is 0 Å². The molecule has 2 aliphatic carbocycles. The molecule has 0 radical (unpaired) electrons. The third kappa shape index (κ3) is 2.63. The van der Waals surface area contributed by atoms with Crippen LogP contribution in [0.2, 0.25) is 0 Å². The van der Waals surface area contributed by atoms with Gasteiger partial charge >= 0.3 is 5.97 Å². The van der Waals surface area contributed by atoms with Crippen molar-refractivity contribution in [3.63, 3.8) is 0 Å². The van der Waals surface area contributed by atoms with E-state index >= 15 is 0 Å². The second-order valence-electron chi connectivity index (χ2n) is 10.8. The zero-order valence-electron chi connectivity index (χ0n) is 18.3. The van der Waals surface area contributed by atoms with Gasteiger partial charge in [-0.05, 0) is 89.3 Å². The Morgan fingerprint density at radius 3 is 2.59 bits per heavy atom. The smallest absolute Gasteiger partial charge is 0.336 e. The molecule has 3 aliphatic rings. The van der Waals surface area contributed by atoms with Crippen molar-refractivity contribution in [2.24, 2.45) is 5.41 Å². The van der Waals surface area contributed by atoms with E-state index in [9.17, 15) is 9.90 Å². The maximum absolute atomic E-state index is 11.8. The van der Waals surface area contributed by atoms with Gasteiger partial charge in [-0.1, -0.05) is 19.9 Å². The number of carbonyl (C=O) groups is 1. The van der Waals surface area contributed by atoms with Crippen LogP contribution in [0.1, 0.15) is 72.6 Å². The van der Waals surface area contributed by atoms with Crippen LogP contribution in [0.4, 0.5) is 0 Å². The monoisotopic (exact) mass is 390 g/mol. The standard InChI is InChI=1S/C26H31NO2/c1-15-6-8-18(25(28)29)21-12-16-7-9-17-22-14-26(2,3)11-10-23(22)27(4,5)24(17)20(16)13-19(15)21/h6,8,12-13,23-24H,7,9-11,14H2,1-5H3/p+1. The third-order valence-electron chi connectivity index (χ3n) is 8.06. The number of hydrogen-bond donors (Lipinski definition) is 1. The molecule has 0 aromatic heterocycles. The lowest BCUT2D eigenvalue weighted by Crippen LogP contribution is -2.50. The van der Waals surface area contributed by atoms with Crippen LogP contribution >= 0.6 is 0 Å². The van der Waals surface area contributed by atoms with Crippen molar-refractivity contribution in [2.45, 2.75) is 65.0 Å². The van der Waals surface area contributed by atoms with Gasteiger partial charge in [0.05, 0.1) is 19.7 Å². The molecule has 29 heavy (non-hydrogen) atoms. The molecule has 0 spiro atoms. The van der Waals surface area contributed by atoms with Gasteiger partial charge in [0.15, 0.2) is 0 Å². The van der Waals surface area contributed by atoms with Gasteiger partial charge in [0.25, 0.3) is 0 Å². The number of rotatable bonds is 1. The Hall–Kier alpha value is -2.13. The number of carboxylic acid groups (broad SMARTS) is 1. The first-order chi connectivity index (χ1) is 13.6. The third-order valence-corrected chi connectivity index (χ3v) is 8.06. The molecule has 0 amide bonds. The molecule has 1 fully saturated rings. The molecule has 2 aromatic carbocycles. The summed E-state index contributed by atoms with van der Waals surface area (Å²) in [5.74, 6) is -0.834. The molecule has 0 saturated heterocycles. The second-order valence-corrected chi connectivity index (χ2v) is 10.8. The van der Waals surface area contributed by atoms with Crippen LogP contribution in [-0.4, -0.2) is 35.7 Å². The van der Waals surface area contributed by atoms with Gasteiger partial charge in [-0.3, -0.25) is 0 Å². The van der Waals surface area contributed by atoms with Crippen molar-refractivity contribution in [3.8, 4) is 0 Å². The Kier molecular flexibility index (Phi) is 3.87. The largest absolute Gasteiger partial charge is 0.478 e. The highest BCUT2D eigenvalue weighted by atomic mass is 16.4. The summed E-state index contributed by atoms with van der Waals surface area (Å²) in [6, 6.07) is 9.29. The predicted molar refractivity (Wildman–Crippen MR) is 117 cm³/mol. The van der Waals surface area contributed by atoms with E-state index in [1.165, 1.54) is 30.4 Å². The average Bonchev–Trinajstić information content (AvgIpc) is 2.86. The number of nitrogens with zero attached hydrogens (tertiary/aromatic N) is 1. The topological polar surface area (TPSA) is 37.3 Å². The number of hydrogen-bond acceptors (Lipinski definition) is 1. The van der Waals surface area contributed by atoms with E-state index in [2.05, 4.69) is 47.0 Å². The summed E-state index contributed by atoms with van der Waals surface area (Å²) < 4.78 is 1.02. The van der Waals surface area contributed by atoms with Crippen LogP contribution in [0.5, 0.6) is 0 Å². The Labute approximate surface area is 173 Å². The molecular formula is C26H32NO2+. The first kappa shape index (κ1) is 18.9. The van der Waals surface area contributed by atoms with Gasteiger partial charge in [0.2, 0.25) is 0 Å². The number of carboxylic acids is 1. The van der Waals surface area contributed by atoms with Crippen LogP contribution in [0, 0.1) is 12.3 Å². The van der Waals surface area contributed by atoms with E-state index in [4.69, 9.17) is 0 Å². The Balaban J connectivity index is 1.73. The summed E-state index contributed by atoms with van der Waals surface area (Å²) in [6.07, 6.45) is 5.97. The molecule has 2 atom stereocenters. The highest BCUT2D eigenvalue weighted by Gasteiger charge is 2.53. The molecule has 1 aliphatic heterocycles. The van der Waals surface area contributed by atoms with Crippen molar-refractivity contribution in [3.05, 3.63) is 57.7 Å². The summed E-state index contributed by atoms with van der Waals surface area (Å²) in [6.45, 7) is 6.94. The molecule has 152 valence electrons. The minimum Gasteiger partial charge on any atom is -0.478 e. The molecule has 3 nitrogen and oxygen atoms in total. The zero-order chi connectivity index (χ0) is 20.7. The minimum atomic E-state index is -0.834. The van der Waals surface area contributed by atoms with Crippen LogP contribution in [0.25, 0.3) is 10.8 Å². The highest BCUT2D eigenvalue weighted by molar-refractivity contribution is 6.05. The molecule has 2 aromatic rings. The van der Waals surface area contributed by atoms with E-state index in [1.807, 2.05) is 6.07 Å². The number of aromatic carboxylic acids is 1. The fourth-order valence-corrected chi connectivity index (χ4v) is 6.61. The first-order valence-corrected chi connectivity index (χ1v) is 10.9. The van der Waals surface area contributed by atoms with E-state index in [0.29, 0.717) is 23.1 Å². The number of aryl methyl sites for hydroxylation is 2. The highest BCUT2D eigenvalue weighted by Crippen LogP contribution is 2.56. The Bertz CT molecular complexity index is 1090. The summed E-state index contributed by atoms with van der Waals surface area (Å²) in [4.78, 5) is 11.8. The number of likely N-dealkylation sites (N-methyl/N-ethyl adjacent to an activating group) is 1. The SMILES string of the molecule is Cc1ccc(C(=O)O)c2cc3c(cc12)C1C(=C2CC(C)(C)CCC2[N+]1(C)C)CC3. The molecule has 3 heteroatoms. The maximum Gasteiger partial charge on any atom is 0.336 e. The Morgan fingerprint density at radius 2 is 1.86 bits per heavy atom. The minimum absolute atomic E-state index is 0.407. The quantitative estimate of drug-likeness (QED) is 0.494. The molecule has 1 N–H and O–H groups in total. The summed E-state index contributed by atoms with van der Waals surface area (Å²) in [5, 5.41) is 11.7. The number of quaternary nitrogens is 1. The lowest BCUT2D eigenvalue weighted by atomic mass is 9.71. The van der Waals surface area contributed by atoms with Gasteiger partial charge < -0.3 is 9.59 Å². The predicted octanol–water partition coefficient (Wildman–Crippen LogP) is 5.80. The van der Waals surface area contributed by atoms with Gasteiger partial charge in [0.1, 0.15) is 12.1 Å². The summed E-state index contributed by atoms with van der Waals surface area (Å²) >= 11 is 0. The maximum atomic E-state index is 11.8.